The third-order valence-corrected chi connectivity index (χ3v) is 9.85. The molecule has 0 saturated carbocycles. The Kier molecular flexibility index (Phi) is 7.64. The van der Waals surface area contributed by atoms with Gasteiger partial charge in [-0.1, -0.05) is 32.9 Å². The first-order chi connectivity index (χ1) is 13.1. The van der Waals surface area contributed by atoms with Crippen LogP contribution in [0.15, 0.2) is 41.0 Å². The van der Waals surface area contributed by atoms with Gasteiger partial charge in [-0.05, 0) is 52.3 Å². The van der Waals surface area contributed by atoms with Crippen molar-refractivity contribution < 1.29 is 13.9 Å². The predicted octanol–water partition coefficient (Wildman–Crippen LogP) is 5.70. The Morgan fingerprint density at radius 1 is 1.11 bits per heavy atom. The van der Waals surface area contributed by atoms with Crippen molar-refractivity contribution in [2.75, 3.05) is 13.2 Å². The molecule has 0 amide bonds. The number of hydrogen-bond acceptors (Lipinski definition) is 5. The fourth-order valence-corrected chi connectivity index (χ4v) is 3.52. The van der Waals surface area contributed by atoms with E-state index in [1.54, 1.807) is 18.2 Å². The number of ether oxygens (including phenoxy) is 2. The number of nitrogens with zero attached hydrogens (tertiary/aromatic N) is 2. The maximum atomic E-state index is 9.19. The second-order valence-corrected chi connectivity index (χ2v) is 13.6. The molecule has 0 spiro atoms. The van der Waals surface area contributed by atoms with Crippen LogP contribution in [-0.4, -0.2) is 26.5 Å². The van der Waals surface area contributed by atoms with Crippen molar-refractivity contribution in [3.63, 3.8) is 0 Å². The Balaban J connectivity index is 2.01. The zero-order valence-electron chi connectivity index (χ0n) is 17.1. The van der Waals surface area contributed by atoms with Crippen LogP contribution in [0.4, 0.5) is 0 Å². The van der Waals surface area contributed by atoms with Crippen LogP contribution in [0, 0.1) is 11.3 Å². The molecular weight excluding hydrogens is 436 g/mol. The maximum Gasteiger partial charge on any atom is 0.214 e. The molecule has 0 radical (unpaired) electrons. The van der Waals surface area contributed by atoms with E-state index in [0.29, 0.717) is 41.6 Å². The number of rotatable bonds is 8. The van der Waals surface area contributed by atoms with Gasteiger partial charge in [0, 0.05) is 11.6 Å². The van der Waals surface area contributed by atoms with Gasteiger partial charge in [0.15, 0.2) is 8.32 Å². The number of pyridine rings is 1. The molecule has 1 aromatic carbocycles. The van der Waals surface area contributed by atoms with Crippen molar-refractivity contribution >= 4 is 24.2 Å². The van der Waals surface area contributed by atoms with Crippen LogP contribution >= 0.6 is 15.9 Å². The fraction of sp³-hybridized carbons (Fsp3) is 0.429. The van der Waals surface area contributed by atoms with E-state index in [9.17, 15) is 5.26 Å². The number of benzene rings is 1. The van der Waals surface area contributed by atoms with Crippen LogP contribution in [0.5, 0.6) is 11.6 Å². The summed E-state index contributed by atoms with van der Waals surface area (Å²) in [5.74, 6) is 1.15. The first-order valence-corrected chi connectivity index (χ1v) is 12.9. The average molecular weight is 463 g/mol. The van der Waals surface area contributed by atoms with Crippen molar-refractivity contribution in [3.05, 3.63) is 52.1 Å². The Morgan fingerprint density at radius 3 is 2.50 bits per heavy atom. The molecule has 0 aliphatic rings. The van der Waals surface area contributed by atoms with E-state index >= 15 is 0 Å². The number of halogens is 1. The largest absolute Gasteiger partial charge is 0.491 e. The van der Waals surface area contributed by atoms with Crippen molar-refractivity contribution in [3.8, 4) is 17.7 Å². The summed E-state index contributed by atoms with van der Waals surface area (Å²) in [6.45, 7) is 12.3. The van der Waals surface area contributed by atoms with Crippen LogP contribution in [0.25, 0.3) is 0 Å². The molecule has 1 heterocycles. The predicted molar refractivity (Wildman–Crippen MR) is 116 cm³/mol. The van der Waals surface area contributed by atoms with E-state index in [-0.39, 0.29) is 5.04 Å². The molecule has 28 heavy (non-hydrogen) atoms. The Bertz CT molecular complexity index is 844. The highest BCUT2D eigenvalue weighted by Gasteiger charge is 2.36. The molecule has 0 saturated heterocycles. The van der Waals surface area contributed by atoms with Gasteiger partial charge in [-0.15, -0.1) is 0 Å². The molecule has 0 aliphatic heterocycles. The van der Waals surface area contributed by atoms with Gasteiger partial charge in [0.05, 0.1) is 18.2 Å². The lowest BCUT2D eigenvalue weighted by molar-refractivity contribution is 0.199. The topological polar surface area (TPSA) is 64.4 Å². The molecule has 2 aromatic rings. The first kappa shape index (κ1) is 22.4. The highest BCUT2D eigenvalue weighted by molar-refractivity contribution is 9.10. The Labute approximate surface area is 176 Å². The molecule has 2 rings (SSSR count). The van der Waals surface area contributed by atoms with Gasteiger partial charge < -0.3 is 13.9 Å². The molecule has 0 bridgehead atoms. The highest BCUT2D eigenvalue weighted by Crippen LogP contribution is 2.36. The van der Waals surface area contributed by atoms with Gasteiger partial charge in [-0.3, -0.25) is 0 Å². The highest BCUT2D eigenvalue weighted by atomic mass is 79.9. The van der Waals surface area contributed by atoms with Crippen molar-refractivity contribution in [2.45, 2.75) is 45.5 Å². The van der Waals surface area contributed by atoms with Gasteiger partial charge >= 0.3 is 0 Å². The molecule has 5 nitrogen and oxygen atoms in total. The monoisotopic (exact) mass is 462 g/mol. The lowest BCUT2D eigenvalue weighted by Gasteiger charge is -2.36. The van der Waals surface area contributed by atoms with Crippen LogP contribution in [0.2, 0.25) is 18.1 Å². The minimum Gasteiger partial charge on any atom is -0.491 e. The Morgan fingerprint density at radius 2 is 1.86 bits per heavy atom. The average Bonchev–Trinajstić information content (AvgIpc) is 2.63. The van der Waals surface area contributed by atoms with Crippen molar-refractivity contribution in [2.24, 2.45) is 0 Å². The lowest BCUT2D eigenvalue weighted by atomic mass is 10.1. The van der Waals surface area contributed by atoms with E-state index < -0.39 is 8.32 Å². The zero-order chi connectivity index (χ0) is 20.8. The van der Waals surface area contributed by atoms with E-state index in [4.69, 9.17) is 13.9 Å². The van der Waals surface area contributed by atoms with Gasteiger partial charge in [-0.2, -0.15) is 5.26 Å². The summed E-state index contributed by atoms with van der Waals surface area (Å²) < 4.78 is 18.6. The molecule has 0 fully saturated rings. The molecule has 0 N–H and O–H groups in total. The standard InChI is InChI=1S/C21H27BrN2O3Si/c1-21(2,3)28(4,5)27-12-11-25-18-13-16(14-23)9-10-17(18)15-26-20-8-6-7-19(22)24-20/h6-10,13H,11-12,15H2,1-5H3. The van der Waals surface area contributed by atoms with Crippen molar-refractivity contribution in [1.82, 2.24) is 4.98 Å². The van der Waals surface area contributed by atoms with Crippen molar-refractivity contribution in [1.29, 1.82) is 5.26 Å². The molecule has 0 unspecified atom stereocenters. The number of hydrogen-bond donors (Lipinski definition) is 0. The van der Waals surface area contributed by atoms with E-state index in [0.717, 1.165) is 5.56 Å². The first-order valence-electron chi connectivity index (χ1n) is 9.17. The van der Waals surface area contributed by atoms with E-state index in [1.807, 2.05) is 18.2 Å². The molecule has 1 aromatic heterocycles. The molecule has 7 heteroatoms. The van der Waals surface area contributed by atoms with Crippen LogP contribution in [-0.2, 0) is 11.0 Å². The number of aromatic nitrogens is 1. The normalized spacial score (nSPS) is 11.8. The van der Waals surface area contributed by atoms with Crippen LogP contribution < -0.4 is 9.47 Å². The smallest absolute Gasteiger partial charge is 0.214 e. The van der Waals surface area contributed by atoms with Gasteiger partial charge in [0.2, 0.25) is 5.88 Å². The minimum absolute atomic E-state index is 0.156. The SMILES string of the molecule is CC(C)(C)[Si](C)(C)OCCOc1cc(C#N)ccc1COc1cccc(Br)n1. The van der Waals surface area contributed by atoms with Gasteiger partial charge in [-0.25, -0.2) is 4.98 Å². The summed E-state index contributed by atoms with van der Waals surface area (Å²) in [6.07, 6.45) is 0. The van der Waals surface area contributed by atoms with Gasteiger partial charge in [0.1, 0.15) is 23.6 Å². The lowest BCUT2D eigenvalue weighted by Crippen LogP contribution is -2.41. The Hall–Kier alpha value is -1.88. The quantitative estimate of drug-likeness (QED) is 0.286. The second kappa shape index (κ2) is 9.55. The summed E-state index contributed by atoms with van der Waals surface area (Å²) >= 11 is 3.33. The third-order valence-electron chi connectivity index (χ3n) is 4.87. The maximum absolute atomic E-state index is 9.19. The van der Waals surface area contributed by atoms with E-state index in [1.165, 1.54) is 0 Å². The molecular formula is C21H27BrN2O3Si. The fourth-order valence-electron chi connectivity index (χ4n) is 2.16. The van der Waals surface area contributed by atoms with Gasteiger partial charge in [0.25, 0.3) is 0 Å². The summed E-state index contributed by atoms with van der Waals surface area (Å²) in [6, 6.07) is 13.0. The third kappa shape index (κ3) is 6.33. The minimum atomic E-state index is -1.81. The second-order valence-electron chi connectivity index (χ2n) is 7.98. The van der Waals surface area contributed by atoms with E-state index in [2.05, 4.69) is 60.8 Å². The molecule has 0 atom stereocenters. The van der Waals surface area contributed by atoms with Crippen LogP contribution in [0.1, 0.15) is 31.9 Å². The molecule has 150 valence electrons. The zero-order valence-corrected chi connectivity index (χ0v) is 19.7. The summed E-state index contributed by atoms with van der Waals surface area (Å²) in [5, 5.41) is 9.34. The summed E-state index contributed by atoms with van der Waals surface area (Å²) in [5.41, 5.74) is 1.40. The summed E-state index contributed by atoms with van der Waals surface area (Å²) in [4.78, 5) is 4.26. The summed E-state index contributed by atoms with van der Waals surface area (Å²) in [7, 11) is -1.81. The molecule has 0 aliphatic carbocycles. The van der Waals surface area contributed by atoms with Crippen LogP contribution in [0.3, 0.4) is 0 Å². The number of nitriles is 1.